The second-order valence-electron chi connectivity index (χ2n) is 4.28. The van der Waals surface area contributed by atoms with E-state index in [-0.39, 0.29) is 5.78 Å². The van der Waals surface area contributed by atoms with Gasteiger partial charge in [-0.3, -0.25) is 4.79 Å². The Morgan fingerprint density at radius 2 is 2.00 bits per heavy atom. The van der Waals surface area contributed by atoms with Gasteiger partial charge in [0.05, 0.1) is 4.88 Å². The molecule has 2 heteroatoms. The topological polar surface area (TPSA) is 17.1 Å². The smallest absolute Gasteiger partial charge is 0.203 e. The van der Waals surface area contributed by atoms with Gasteiger partial charge in [-0.1, -0.05) is 24.6 Å². The highest BCUT2D eigenvalue weighted by molar-refractivity contribution is 7.12. The largest absolute Gasteiger partial charge is 0.288 e. The molecule has 2 rings (SSSR count). The summed E-state index contributed by atoms with van der Waals surface area (Å²) in [5, 5.41) is 2.00. The molecule has 1 aromatic carbocycles. The van der Waals surface area contributed by atoms with Crippen LogP contribution in [-0.4, -0.2) is 5.78 Å². The van der Waals surface area contributed by atoms with E-state index >= 15 is 0 Å². The van der Waals surface area contributed by atoms with Gasteiger partial charge in [0, 0.05) is 5.56 Å². The molecule has 1 aromatic heterocycles. The van der Waals surface area contributed by atoms with E-state index < -0.39 is 0 Å². The number of benzene rings is 1. The molecule has 0 radical (unpaired) electrons. The van der Waals surface area contributed by atoms with Gasteiger partial charge in [-0.2, -0.15) is 0 Å². The normalized spacial score (nSPS) is 10.5. The lowest BCUT2D eigenvalue weighted by Crippen LogP contribution is -2.04. The third kappa shape index (κ3) is 2.32. The lowest BCUT2D eigenvalue weighted by atomic mass is 9.99. The number of ketones is 1. The highest BCUT2D eigenvalue weighted by Crippen LogP contribution is 2.23. The van der Waals surface area contributed by atoms with Gasteiger partial charge in [-0.25, -0.2) is 0 Å². The Hall–Kier alpha value is -1.41. The minimum Gasteiger partial charge on any atom is -0.288 e. The van der Waals surface area contributed by atoms with Crippen LogP contribution in [0.15, 0.2) is 29.6 Å². The maximum Gasteiger partial charge on any atom is 0.203 e. The summed E-state index contributed by atoms with van der Waals surface area (Å²) in [7, 11) is 0. The minimum atomic E-state index is 0.165. The zero-order valence-corrected chi connectivity index (χ0v) is 11.2. The van der Waals surface area contributed by atoms with Crippen LogP contribution in [0.4, 0.5) is 0 Å². The van der Waals surface area contributed by atoms with E-state index in [1.165, 1.54) is 0 Å². The van der Waals surface area contributed by atoms with Gasteiger partial charge >= 0.3 is 0 Å². The van der Waals surface area contributed by atoms with Crippen molar-refractivity contribution in [2.45, 2.75) is 27.2 Å². The van der Waals surface area contributed by atoms with Crippen molar-refractivity contribution in [3.63, 3.8) is 0 Å². The molecule has 2 aromatic rings. The number of aryl methyl sites for hydroxylation is 3. The average molecular weight is 244 g/mol. The van der Waals surface area contributed by atoms with Crippen LogP contribution >= 0.6 is 11.3 Å². The van der Waals surface area contributed by atoms with Gasteiger partial charge in [0.25, 0.3) is 0 Å². The van der Waals surface area contributed by atoms with Crippen LogP contribution in [0.3, 0.4) is 0 Å². The zero-order chi connectivity index (χ0) is 12.4. The summed E-state index contributed by atoms with van der Waals surface area (Å²) in [6.07, 6.45) is 0.912. The van der Waals surface area contributed by atoms with Gasteiger partial charge in [-0.15, -0.1) is 11.3 Å². The van der Waals surface area contributed by atoms with E-state index in [9.17, 15) is 4.79 Å². The highest BCUT2D eigenvalue weighted by Gasteiger charge is 2.16. The van der Waals surface area contributed by atoms with Crippen LogP contribution in [-0.2, 0) is 6.42 Å². The Labute approximate surface area is 106 Å². The van der Waals surface area contributed by atoms with Gasteiger partial charge in [0.1, 0.15) is 0 Å². The summed E-state index contributed by atoms with van der Waals surface area (Å²) in [4.78, 5) is 13.4. The van der Waals surface area contributed by atoms with Crippen LogP contribution in [0, 0.1) is 13.8 Å². The first-order chi connectivity index (χ1) is 8.13. The number of hydrogen-bond donors (Lipinski definition) is 0. The molecule has 17 heavy (non-hydrogen) atoms. The Morgan fingerprint density at radius 3 is 2.71 bits per heavy atom. The van der Waals surface area contributed by atoms with Gasteiger partial charge in [0.15, 0.2) is 0 Å². The fraction of sp³-hybridized carbons (Fsp3) is 0.267. The lowest BCUT2D eigenvalue weighted by Gasteiger charge is -2.06. The van der Waals surface area contributed by atoms with Crippen molar-refractivity contribution in [3.8, 4) is 0 Å². The molecule has 0 unspecified atom stereocenters. The maximum absolute atomic E-state index is 12.5. The first kappa shape index (κ1) is 12.1. The van der Waals surface area contributed by atoms with E-state index in [4.69, 9.17) is 0 Å². The molecular formula is C15H16OS. The Kier molecular flexibility index (Phi) is 3.43. The first-order valence-corrected chi connectivity index (χ1v) is 6.69. The highest BCUT2D eigenvalue weighted by atomic mass is 32.1. The second-order valence-corrected chi connectivity index (χ2v) is 5.19. The average Bonchev–Trinajstić information content (AvgIpc) is 2.79. The predicted molar refractivity (Wildman–Crippen MR) is 73.0 cm³/mol. The zero-order valence-electron chi connectivity index (χ0n) is 10.4. The summed E-state index contributed by atoms with van der Waals surface area (Å²) in [5.41, 5.74) is 4.17. The molecule has 0 amide bonds. The van der Waals surface area contributed by atoms with E-state index in [1.54, 1.807) is 11.3 Å². The first-order valence-electron chi connectivity index (χ1n) is 5.81. The van der Waals surface area contributed by atoms with Crippen molar-refractivity contribution >= 4 is 17.1 Å². The molecule has 0 aliphatic carbocycles. The molecule has 0 spiro atoms. The van der Waals surface area contributed by atoms with E-state index in [2.05, 4.69) is 6.92 Å². The molecule has 88 valence electrons. The molecule has 1 heterocycles. The van der Waals surface area contributed by atoms with Crippen molar-refractivity contribution < 1.29 is 4.79 Å². The molecule has 0 saturated heterocycles. The summed E-state index contributed by atoms with van der Waals surface area (Å²) in [6.45, 7) is 6.10. The summed E-state index contributed by atoms with van der Waals surface area (Å²) in [5.74, 6) is 0.165. The summed E-state index contributed by atoms with van der Waals surface area (Å²) >= 11 is 1.54. The van der Waals surface area contributed by atoms with Crippen LogP contribution in [0.25, 0.3) is 0 Å². The van der Waals surface area contributed by atoms with Crippen molar-refractivity contribution in [3.05, 3.63) is 56.8 Å². The Morgan fingerprint density at radius 1 is 1.24 bits per heavy atom. The molecule has 0 atom stereocenters. The van der Waals surface area contributed by atoms with E-state index in [0.717, 1.165) is 33.6 Å². The number of hydrogen-bond acceptors (Lipinski definition) is 2. The third-order valence-corrected chi connectivity index (χ3v) is 3.93. The van der Waals surface area contributed by atoms with E-state index in [1.807, 2.05) is 43.5 Å². The molecule has 1 nitrogen and oxygen atoms in total. The standard InChI is InChI=1S/C15H16OS/c1-4-12-7-8-17-15(12)14(16)13-9-10(2)5-6-11(13)3/h5-9H,4H2,1-3H3. The van der Waals surface area contributed by atoms with Crippen LogP contribution in [0.5, 0.6) is 0 Å². The van der Waals surface area contributed by atoms with Gasteiger partial charge < -0.3 is 0 Å². The number of carbonyl (C=O) groups is 1. The van der Waals surface area contributed by atoms with Crippen LogP contribution < -0.4 is 0 Å². The Balaban J connectivity index is 2.47. The molecular weight excluding hydrogens is 228 g/mol. The Bertz CT molecular complexity index is 552. The number of thiophene rings is 1. The minimum absolute atomic E-state index is 0.165. The van der Waals surface area contributed by atoms with Crippen molar-refractivity contribution in [2.75, 3.05) is 0 Å². The molecule has 0 bridgehead atoms. The number of carbonyl (C=O) groups excluding carboxylic acids is 1. The SMILES string of the molecule is CCc1ccsc1C(=O)c1cc(C)ccc1C. The number of rotatable bonds is 3. The van der Waals surface area contributed by atoms with Crippen LogP contribution in [0.2, 0.25) is 0 Å². The fourth-order valence-electron chi connectivity index (χ4n) is 1.92. The van der Waals surface area contributed by atoms with E-state index in [0.29, 0.717) is 0 Å². The quantitative estimate of drug-likeness (QED) is 0.741. The lowest BCUT2D eigenvalue weighted by molar-refractivity contribution is 0.104. The van der Waals surface area contributed by atoms with Gasteiger partial charge in [-0.05, 0) is 48.9 Å². The van der Waals surface area contributed by atoms with Crippen LogP contribution in [0.1, 0.15) is 38.8 Å². The van der Waals surface area contributed by atoms with Crippen molar-refractivity contribution in [2.24, 2.45) is 0 Å². The monoisotopic (exact) mass is 244 g/mol. The molecule has 0 aliphatic heterocycles. The molecule has 0 saturated carbocycles. The summed E-state index contributed by atoms with van der Waals surface area (Å²) in [6, 6.07) is 8.09. The molecule has 0 fully saturated rings. The third-order valence-electron chi connectivity index (χ3n) is 2.97. The van der Waals surface area contributed by atoms with Crippen molar-refractivity contribution in [1.82, 2.24) is 0 Å². The van der Waals surface area contributed by atoms with Gasteiger partial charge in [0.2, 0.25) is 5.78 Å². The summed E-state index contributed by atoms with van der Waals surface area (Å²) < 4.78 is 0. The maximum atomic E-state index is 12.5. The molecule has 0 aliphatic rings. The second kappa shape index (κ2) is 4.84. The van der Waals surface area contributed by atoms with Crippen molar-refractivity contribution in [1.29, 1.82) is 0 Å². The fourth-order valence-corrected chi connectivity index (χ4v) is 2.87. The predicted octanol–water partition coefficient (Wildman–Crippen LogP) is 4.16. The molecule has 0 N–H and O–H groups in total.